The molecule has 0 fully saturated rings. The number of nitrogens with zero attached hydrogens (tertiary/aromatic N) is 2. The summed E-state index contributed by atoms with van der Waals surface area (Å²) in [5.41, 5.74) is 2.75. The number of aromatic nitrogens is 2. The monoisotopic (exact) mass is 252 g/mol. The molecule has 0 aliphatic carbocycles. The van der Waals surface area contributed by atoms with Crippen LogP contribution in [0, 0.1) is 6.92 Å². The fourth-order valence-corrected chi connectivity index (χ4v) is 1.77. The molecule has 0 aliphatic heterocycles. The van der Waals surface area contributed by atoms with E-state index in [0.29, 0.717) is 10.0 Å². The number of hydrogen-bond donors (Lipinski definition) is 0. The predicted octanol–water partition coefficient (Wildman–Crippen LogP) is 4.13. The van der Waals surface area contributed by atoms with Gasteiger partial charge in [0.1, 0.15) is 0 Å². The van der Waals surface area contributed by atoms with E-state index in [9.17, 15) is 0 Å². The Bertz CT molecular complexity index is 544. The van der Waals surface area contributed by atoms with Gasteiger partial charge in [0.15, 0.2) is 0 Å². The van der Waals surface area contributed by atoms with Crippen molar-refractivity contribution in [2.24, 2.45) is 0 Å². The van der Waals surface area contributed by atoms with Crippen LogP contribution in [0.1, 0.15) is 11.4 Å². The summed E-state index contributed by atoms with van der Waals surface area (Å²) in [4.78, 5) is 0. The molecule has 0 aliphatic rings. The molecule has 0 saturated carbocycles. The van der Waals surface area contributed by atoms with Crippen LogP contribution in [-0.2, 0) is 0 Å². The number of rotatable bonds is 2. The summed E-state index contributed by atoms with van der Waals surface area (Å²) >= 11 is 11.8. The molecule has 0 amide bonds. The molecule has 2 nitrogen and oxygen atoms in total. The molecular weight excluding hydrogens is 243 g/mol. The lowest BCUT2D eigenvalue weighted by Crippen LogP contribution is -1.98. The van der Waals surface area contributed by atoms with E-state index in [4.69, 9.17) is 23.2 Å². The fourth-order valence-electron chi connectivity index (χ4n) is 1.48. The third kappa shape index (κ3) is 1.99. The number of hydrogen-bond acceptors (Lipinski definition) is 1. The van der Waals surface area contributed by atoms with Crippen molar-refractivity contribution in [2.75, 3.05) is 0 Å². The molecule has 16 heavy (non-hydrogen) atoms. The second-order valence-electron chi connectivity index (χ2n) is 3.42. The van der Waals surface area contributed by atoms with E-state index in [1.165, 1.54) is 0 Å². The van der Waals surface area contributed by atoms with Crippen LogP contribution < -0.4 is 0 Å². The Morgan fingerprint density at radius 2 is 2.00 bits per heavy atom. The van der Waals surface area contributed by atoms with Gasteiger partial charge in [-0.1, -0.05) is 29.8 Å². The highest BCUT2D eigenvalue weighted by atomic mass is 35.5. The van der Waals surface area contributed by atoms with Gasteiger partial charge in [-0.25, -0.2) is 4.68 Å². The maximum absolute atomic E-state index is 5.96. The van der Waals surface area contributed by atoms with Crippen molar-refractivity contribution in [3.63, 3.8) is 0 Å². The molecule has 0 radical (unpaired) electrons. The molecule has 4 heteroatoms. The first-order valence-electron chi connectivity index (χ1n) is 4.76. The van der Waals surface area contributed by atoms with Gasteiger partial charge in [-0.3, -0.25) is 0 Å². The number of halogens is 2. The average Bonchev–Trinajstić information content (AvgIpc) is 2.64. The van der Waals surface area contributed by atoms with Crippen LogP contribution >= 0.6 is 23.2 Å². The van der Waals surface area contributed by atoms with Gasteiger partial charge in [0.2, 0.25) is 0 Å². The van der Waals surface area contributed by atoms with Gasteiger partial charge in [0.05, 0.1) is 21.4 Å². The topological polar surface area (TPSA) is 17.8 Å². The van der Waals surface area contributed by atoms with E-state index in [0.717, 1.165) is 17.1 Å². The molecule has 1 aromatic carbocycles. The minimum absolute atomic E-state index is 0.522. The van der Waals surface area contributed by atoms with Crippen LogP contribution in [0.4, 0.5) is 0 Å². The van der Waals surface area contributed by atoms with Crippen molar-refractivity contribution in [3.8, 4) is 5.69 Å². The largest absolute Gasteiger partial charge is 0.237 e. The van der Waals surface area contributed by atoms with Crippen LogP contribution in [0.3, 0.4) is 0 Å². The quantitative estimate of drug-likeness (QED) is 0.786. The van der Waals surface area contributed by atoms with Gasteiger partial charge in [-0.2, -0.15) is 5.10 Å². The molecule has 2 aromatic rings. The third-order valence-electron chi connectivity index (χ3n) is 2.26. The number of aryl methyl sites for hydroxylation is 1. The van der Waals surface area contributed by atoms with Crippen LogP contribution in [0.5, 0.6) is 0 Å². The number of benzene rings is 1. The van der Waals surface area contributed by atoms with Crippen LogP contribution in [-0.4, -0.2) is 9.78 Å². The first-order chi connectivity index (χ1) is 7.61. The standard InChI is InChI=1S/C12H10Cl2N2/c1-3-9-6-8(2)16(15-9)10-4-5-11(13)12(14)7-10/h3-7H,1H2,2H3. The maximum atomic E-state index is 5.96. The van der Waals surface area contributed by atoms with Gasteiger partial charge in [0, 0.05) is 5.69 Å². The van der Waals surface area contributed by atoms with E-state index in [2.05, 4.69) is 11.7 Å². The second-order valence-corrected chi connectivity index (χ2v) is 4.24. The molecule has 0 N–H and O–H groups in total. The molecule has 0 spiro atoms. The van der Waals surface area contributed by atoms with Gasteiger partial charge in [-0.05, 0) is 37.3 Å². The summed E-state index contributed by atoms with van der Waals surface area (Å²) < 4.78 is 1.80. The highest BCUT2D eigenvalue weighted by molar-refractivity contribution is 6.42. The van der Waals surface area contributed by atoms with Crippen molar-refractivity contribution < 1.29 is 0 Å². The zero-order valence-corrected chi connectivity index (χ0v) is 10.3. The second kappa shape index (κ2) is 4.32. The average molecular weight is 253 g/mol. The van der Waals surface area contributed by atoms with Crippen LogP contribution in [0.2, 0.25) is 10.0 Å². The summed E-state index contributed by atoms with van der Waals surface area (Å²) in [6, 6.07) is 7.38. The van der Waals surface area contributed by atoms with E-state index in [-0.39, 0.29) is 0 Å². The lowest BCUT2D eigenvalue weighted by Gasteiger charge is -2.05. The Morgan fingerprint density at radius 3 is 2.56 bits per heavy atom. The summed E-state index contributed by atoms with van der Waals surface area (Å²) in [5, 5.41) is 5.43. The normalized spacial score (nSPS) is 10.4. The zero-order chi connectivity index (χ0) is 11.7. The van der Waals surface area contributed by atoms with Gasteiger partial charge in [-0.15, -0.1) is 0 Å². The molecule has 0 bridgehead atoms. The highest BCUT2D eigenvalue weighted by Crippen LogP contribution is 2.25. The zero-order valence-electron chi connectivity index (χ0n) is 8.74. The fraction of sp³-hybridized carbons (Fsp3) is 0.0833. The van der Waals surface area contributed by atoms with Crippen LogP contribution in [0.15, 0.2) is 30.8 Å². The van der Waals surface area contributed by atoms with E-state index < -0.39 is 0 Å². The molecule has 0 saturated heterocycles. The minimum atomic E-state index is 0.522. The third-order valence-corrected chi connectivity index (χ3v) is 3.00. The molecular formula is C12H10Cl2N2. The molecule has 0 unspecified atom stereocenters. The molecule has 82 valence electrons. The molecule has 0 atom stereocenters. The Kier molecular flexibility index (Phi) is 3.03. The first kappa shape index (κ1) is 11.2. The van der Waals surface area contributed by atoms with E-state index >= 15 is 0 Å². The van der Waals surface area contributed by atoms with Crippen molar-refractivity contribution in [2.45, 2.75) is 6.92 Å². The van der Waals surface area contributed by atoms with Crippen molar-refractivity contribution in [1.29, 1.82) is 0 Å². The Labute approximate surface area is 104 Å². The van der Waals surface area contributed by atoms with Gasteiger partial charge >= 0.3 is 0 Å². The Hall–Kier alpha value is -1.25. The highest BCUT2D eigenvalue weighted by Gasteiger charge is 2.06. The Morgan fingerprint density at radius 1 is 1.25 bits per heavy atom. The molecule has 2 rings (SSSR count). The molecule has 1 heterocycles. The maximum Gasteiger partial charge on any atom is 0.0852 e. The predicted molar refractivity (Wildman–Crippen MR) is 68.4 cm³/mol. The van der Waals surface area contributed by atoms with Crippen molar-refractivity contribution in [1.82, 2.24) is 9.78 Å². The first-order valence-corrected chi connectivity index (χ1v) is 5.52. The molecule has 1 aromatic heterocycles. The van der Waals surface area contributed by atoms with Gasteiger partial charge in [0.25, 0.3) is 0 Å². The SMILES string of the molecule is C=Cc1cc(C)n(-c2ccc(Cl)c(Cl)c2)n1. The summed E-state index contributed by atoms with van der Waals surface area (Å²) in [6.45, 7) is 5.66. The summed E-state index contributed by atoms with van der Waals surface area (Å²) in [7, 11) is 0. The van der Waals surface area contributed by atoms with Crippen LogP contribution in [0.25, 0.3) is 11.8 Å². The Balaban J connectivity index is 2.53. The van der Waals surface area contributed by atoms with E-state index in [1.807, 2.05) is 19.1 Å². The minimum Gasteiger partial charge on any atom is -0.237 e. The van der Waals surface area contributed by atoms with Crippen molar-refractivity contribution in [3.05, 3.63) is 52.3 Å². The van der Waals surface area contributed by atoms with E-state index in [1.54, 1.807) is 22.9 Å². The lowest BCUT2D eigenvalue weighted by molar-refractivity contribution is 0.843. The smallest absolute Gasteiger partial charge is 0.0852 e. The van der Waals surface area contributed by atoms with Crippen molar-refractivity contribution >= 4 is 29.3 Å². The summed E-state index contributed by atoms with van der Waals surface area (Å²) in [6.07, 6.45) is 1.71. The lowest BCUT2D eigenvalue weighted by atomic mass is 10.3. The van der Waals surface area contributed by atoms with Gasteiger partial charge < -0.3 is 0 Å². The summed E-state index contributed by atoms with van der Waals surface area (Å²) in [5.74, 6) is 0.